The summed E-state index contributed by atoms with van der Waals surface area (Å²) >= 11 is 5.02. The van der Waals surface area contributed by atoms with E-state index in [0.717, 1.165) is 48.2 Å². The van der Waals surface area contributed by atoms with E-state index in [2.05, 4.69) is 15.1 Å². The number of thioether (sulfide) groups is 1. The van der Waals surface area contributed by atoms with Gasteiger partial charge in [0.1, 0.15) is 16.1 Å². The molecule has 3 aromatic heterocycles. The van der Waals surface area contributed by atoms with Crippen molar-refractivity contribution in [1.29, 1.82) is 0 Å². The Hall–Kier alpha value is -1.64. The first-order valence-corrected chi connectivity index (χ1v) is 9.72. The molecule has 0 spiro atoms. The first-order valence-electron chi connectivity index (χ1n) is 7.10. The van der Waals surface area contributed by atoms with Crippen LogP contribution in [0.15, 0.2) is 33.9 Å². The zero-order valence-electron chi connectivity index (χ0n) is 12.2. The van der Waals surface area contributed by atoms with Crippen molar-refractivity contribution in [3.63, 3.8) is 0 Å². The summed E-state index contributed by atoms with van der Waals surface area (Å²) in [5, 5.41) is 5.11. The lowest BCUT2D eigenvalue weighted by molar-refractivity contribution is 0.662. The van der Waals surface area contributed by atoms with Gasteiger partial charge in [0, 0.05) is 23.7 Å². The van der Waals surface area contributed by atoms with E-state index in [-0.39, 0.29) is 6.04 Å². The van der Waals surface area contributed by atoms with Crippen LogP contribution in [-0.2, 0) is 0 Å². The maximum absolute atomic E-state index is 11.0. The first-order chi connectivity index (χ1) is 11.3. The van der Waals surface area contributed by atoms with Crippen LogP contribution in [-0.4, -0.2) is 20.7 Å². The zero-order chi connectivity index (χ0) is 15.8. The second-order valence-electron chi connectivity index (χ2n) is 5.13. The van der Waals surface area contributed by atoms with E-state index in [4.69, 9.17) is 4.98 Å². The summed E-state index contributed by atoms with van der Waals surface area (Å²) in [6.07, 6.45) is 4.34. The number of rotatable bonds is 3. The Morgan fingerprint density at radius 1 is 1.26 bits per heavy atom. The van der Waals surface area contributed by atoms with E-state index in [9.17, 15) is 4.91 Å². The van der Waals surface area contributed by atoms with Gasteiger partial charge >= 0.3 is 0 Å². The molecule has 0 radical (unpaired) electrons. The maximum Gasteiger partial charge on any atom is 0.137 e. The summed E-state index contributed by atoms with van der Waals surface area (Å²) in [5.74, 6) is 0.924. The molecule has 0 saturated carbocycles. The molecule has 116 valence electrons. The smallest absolute Gasteiger partial charge is 0.137 e. The van der Waals surface area contributed by atoms with Crippen molar-refractivity contribution in [3.05, 3.63) is 40.8 Å². The summed E-state index contributed by atoms with van der Waals surface area (Å²) in [6, 6.07) is 3.61. The maximum atomic E-state index is 11.0. The highest BCUT2D eigenvalue weighted by Crippen LogP contribution is 2.46. The number of fused-ring (bicyclic) bond motifs is 1. The molecule has 5 nitrogen and oxygen atoms in total. The predicted octanol–water partition coefficient (Wildman–Crippen LogP) is 4.94. The molecule has 23 heavy (non-hydrogen) atoms. The van der Waals surface area contributed by atoms with Crippen LogP contribution in [0.3, 0.4) is 0 Å². The molecule has 3 aromatic rings. The van der Waals surface area contributed by atoms with Crippen LogP contribution in [0.2, 0.25) is 0 Å². The zero-order valence-corrected chi connectivity index (χ0v) is 14.7. The first kappa shape index (κ1) is 14.9. The molecule has 0 N–H and O–H groups in total. The largest absolute Gasteiger partial charge is 0.264 e. The molecule has 1 unspecified atom stereocenters. The molecule has 0 bridgehead atoms. The summed E-state index contributed by atoms with van der Waals surface area (Å²) in [5.41, 5.74) is 2.81. The van der Waals surface area contributed by atoms with E-state index in [1.165, 1.54) is 0 Å². The minimum absolute atomic E-state index is 0.303. The third kappa shape index (κ3) is 2.71. The second-order valence-corrected chi connectivity index (χ2v) is 8.49. The van der Waals surface area contributed by atoms with Crippen molar-refractivity contribution in [3.8, 4) is 20.5 Å². The highest BCUT2D eigenvalue weighted by Gasteiger charge is 2.27. The van der Waals surface area contributed by atoms with E-state index in [1.54, 1.807) is 40.6 Å². The molecule has 0 amide bonds. The lowest BCUT2D eigenvalue weighted by atomic mass is 10.2. The molecular weight excluding hydrogens is 348 g/mol. The molecule has 4 rings (SSSR count). The van der Waals surface area contributed by atoms with Crippen molar-refractivity contribution in [1.82, 2.24) is 15.0 Å². The molecule has 0 aromatic carbocycles. The van der Waals surface area contributed by atoms with Crippen LogP contribution in [0.4, 0.5) is 0 Å². The highest BCUT2D eigenvalue weighted by atomic mass is 32.2. The molecule has 8 heteroatoms. The number of pyridine rings is 1. The number of nitroso groups, excluding NO2 is 1. The molecule has 1 atom stereocenters. The fourth-order valence-corrected chi connectivity index (χ4v) is 6.05. The Morgan fingerprint density at radius 2 is 2.17 bits per heavy atom. The number of hydrogen-bond acceptors (Lipinski definition) is 8. The molecule has 0 fully saturated rings. The Morgan fingerprint density at radius 3 is 2.96 bits per heavy atom. The molecule has 4 heterocycles. The van der Waals surface area contributed by atoms with Gasteiger partial charge < -0.3 is 0 Å². The van der Waals surface area contributed by atoms with Crippen LogP contribution in [0.25, 0.3) is 20.5 Å². The van der Waals surface area contributed by atoms with Crippen molar-refractivity contribution >= 4 is 34.4 Å². The Kier molecular flexibility index (Phi) is 3.96. The lowest BCUT2D eigenvalue weighted by Gasteiger charge is -2.12. The van der Waals surface area contributed by atoms with Crippen LogP contribution in [0, 0.1) is 11.8 Å². The molecule has 1 aliphatic heterocycles. The van der Waals surface area contributed by atoms with Crippen LogP contribution < -0.4 is 0 Å². The highest BCUT2D eigenvalue weighted by molar-refractivity contribution is 8.01. The van der Waals surface area contributed by atoms with E-state index < -0.39 is 0 Å². The minimum atomic E-state index is -0.303. The molecule has 1 aliphatic rings. The number of aryl methyl sites for hydroxylation is 1. The topological polar surface area (TPSA) is 68.1 Å². The van der Waals surface area contributed by atoms with Gasteiger partial charge in [0.15, 0.2) is 0 Å². The monoisotopic (exact) mass is 360 g/mol. The average Bonchev–Trinajstić information content (AvgIpc) is 3.18. The normalized spacial score (nSPS) is 17.0. The van der Waals surface area contributed by atoms with Gasteiger partial charge in [-0.2, -0.15) is 4.91 Å². The number of aromatic nitrogens is 3. The fourth-order valence-electron chi connectivity index (χ4n) is 2.44. The third-order valence-electron chi connectivity index (χ3n) is 3.59. The quantitative estimate of drug-likeness (QED) is 0.619. The van der Waals surface area contributed by atoms with Gasteiger partial charge in [0.05, 0.1) is 20.5 Å². The Balaban J connectivity index is 1.76. The summed E-state index contributed by atoms with van der Waals surface area (Å²) in [6.45, 7) is 1.99. The van der Waals surface area contributed by atoms with Gasteiger partial charge in [-0.3, -0.25) is 4.98 Å². The van der Waals surface area contributed by atoms with Gasteiger partial charge in [-0.05, 0) is 25.5 Å². The fraction of sp³-hybridized carbons (Fsp3) is 0.267. The van der Waals surface area contributed by atoms with Crippen LogP contribution in [0.5, 0.6) is 0 Å². The van der Waals surface area contributed by atoms with Crippen LogP contribution >= 0.6 is 34.4 Å². The Bertz CT molecular complexity index is 859. The number of thiazole rings is 2. The van der Waals surface area contributed by atoms with Gasteiger partial charge in [0.25, 0.3) is 0 Å². The molecule has 0 saturated heterocycles. The Labute approximate surface area is 145 Å². The second kappa shape index (κ2) is 6.10. The third-order valence-corrected chi connectivity index (χ3v) is 7.33. The summed E-state index contributed by atoms with van der Waals surface area (Å²) in [4.78, 5) is 25.6. The molecular formula is C15H12N4OS3. The van der Waals surface area contributed by atoms with E-state index >= 15 is 0 Å². The SMILES string of the molecule is Cc1nc(-c2cccnc2)sc1-c1nc2c(s1)SCCC2N=O. The predicted molar refractivity (Wildman–Crippen MR) is 95.1 cm³/mol. The number of hydrogen-bond donors (Lipinski definition) is 0. The standard InChI is InChI=1S/C15H12N4OS3/c1-8-12(22-13(17-8)9-3-2-5-16-7-9)14-18-11-10(19-20)4-6-21-15(11)23-14/h2-3,5,7,10H,4,6H2,1H3. The van der Waals surface area contributed by atoms with Gasteiger partial charge in [-0.15, -0.1) is 34.4 Å². The summed E-state index contributed by atoms with van der Waals surface area (Å²) < 4.78 is 1.12. The van der Waals surface area contributed by atoms with Gasteiger partial charge in [-0.25, -0.2) is 9.97 Å². The number of nitrogens with zero attached hydrogens (tertiary/aromatic N) is 4. The summed E-state index contributed by atoms with van der Waals surface area (Å²) in [7, 11) is 0. The van der Waals surface area contributed by atoms with Crippen molar-refractivity contribution in [2.24, 2.45) is 5.18 Å². The van der Waals surface area contributed by atoms with Gasteiger partial charge in [0.2, 0.25) is 0 Å². The lowest BCUT2D eigenvalue weighted by Crippen LogP contribution is -2.03. The van der Waals surface area contributed by atoms with E-state index in [0.29, 0.717) is 0 Å². The van der Waals surface area contributed by atoms with Gasteiger partial charge in [-0.1, -0.05) is 5.18 Å². The van der Waals surface area contributed by atoms with Crippen molar-refractivity contribution in [2.75, 3.05) is 5.75 Å². The van der Waals surface area contributed by atoms with E-state index in [1.807, 2.05) is 25.3 Å². The van der Waals surface area contributed by atoms with Crippen molar-refractivity contribution < 1.29 is 0 Å². The average molecular weight is 360 g/mol. The minimum Gasteiger partial charge on any atom is -0.264 e. The van der Waals surface area contributed by atoms with Crippen molar-refractivity contribution in [2.45, 2.75) is 23.6 Å². The molecule has 0 aliphatic carbocycles. The van der Waals surface area contributed by atoms with Crippen LogP contribution in [0.1, 0.15) is 23.9 Å².